The monoisotopic (exact) mass is 350 g/mol. The first-order chi connectivity index (χ1) is 11.5. The number of aromatic nitrogens is 1. The second-order valence-electron chi connectivity index (χ2n) is 4.63. The molecule has 1 N–H and O–H groups in total. The van der Waals surface area contributed by atoms with E-state index in [0.29, 0.717) is 5.02 Å². The fraction of sp³-hybridized carbons (Fsp3) is 0.125. The average Bonchev–Trinajstić information content (AvgIpc) is 2.58. The van der Waals surface area contributed by atoms with Crippen LogP contribution in [0.2, 0.25) is 5.02 Å². The van der Waals surface area contributed by atoms with Crippen LogP contribution in [0.15, 0.2) is 42.6 Å². The summed E-state index contributed by atoms with van der Waals surface area (Å²) in [4.78, 5) is 38.8. The summed E-state index contributed by atoms with van der Waals surface area (Å²) < 4.78 is 17.5. The minimum Gasteiger partial charge on any atom is -0.456 e. The summed E-state index contributed by atoms with van der Waals surface area (Å²) >= 11 is 5.73. The van der Waals surface area contributed by atoms with Gasteiger partial charge in [0.05, 0.1) is 0 Å². The summed E-state index contributed by atoms with van der Waals surface area (Å²) in [5, 5.41) is 2.64. The first-order valence-corrected chi connectivity index (χ1v) is 7.17. The van der Waals surface area contributed by atoms with Crippen LogP contribution in [0.5, 0.6) is 0 Å². The predicted molar refractivity (Wildman–Crippen MR) is 83.3 cm³/mol. The molecule has 0 spiro atoms. The van der Waals surface area contributed by atoms with E-state index in [4.69, 9.17) is 16.3 Å². The number of rotatable bonds is 6. The molecule has 0 unspecified atom stereocenters. The molecule has 6 nitrogen and oxygen atoms in total. The number of carbonyl (C=O) groups is 3. The quantitative estimate of drug-likeness (QED) is 0.636. The van der Waals surface area contributed by atoms with Gasteiger partial charge in [-0.25, -0.2) is 4.39 Å². The fourth-order valence-corrected chi connectivity index (χ4v) is 1.85. The maximum absolute atomic E-state index is 12.8. The van der Waals surface area contributed by atoms with Crippen LogP contribution in [-0.2, 0) is 9.53 Å². The third-order valence-electron chi connectivity index (χ3n) is 2.88. The van der Waals surface area contributed by atoms with Gasteiger partial charge in [0, 0.05) is 16.8 Å². The predicted octanol–water partition coefficient (Wildman–Crippen LogP) is 2.03. The maximum atomic E-state index is 12.8. The van der Waals surface area contributed by atoms with E-state index in [1.165, 1.54) is 30.5 Å². The number of hydrogen-bond acceptors (Lipinski definition) is 5. The SMILES string of the molecule is O=C(CNC(=O)c1cc(Cl)ccn1)OCC(=O)c1ccc(F)cc1. The molecule has 0 bridgehead atoms. The smallest absolute Gasteiger partial charge is 0.325 e. The van der Waals surface area contributed by atoms with Gasteiger partial charge in [-0.05, 0) is 36.4 Å². The number of Topliss-reactive ketones (excluding diaryl/α,β-unsaturated/α-hetero) is 1. The number of pyridine rings is 1. The molecular weight excluding hydrogens is 339 g/mol. The number of ether oxygens (including phenoxy) is 1. The Morgan fingerprint density at radius 3 is 2.54 bits per heavy atom. The molecule has 2 aromatic rings. The summed E-state index contributed by atoms with van der Waals surface area (Å²) in [6.07, 6.45) is 1.36. The summed E-state index contributed by atoms with van der Waals surface area (Å²) in [7, 11) is 0. The summed E-state index contributed by atoms with van der Waals surface area (Å²) in [5.41, 5.74) is 0.272. The molecule has 8 heteroatoms. The molecule has 0 aliphatic heterocycles. The summed E-state index contributed by atoms with van der Waals surface area (Å²) in [6.45, 7) is -0.931. The lowest BCUT2D eigenvalue weighted by atomic mass is 10.1. The van der Waals surface area contributed by atoms with Crippen LogP contribution in [0, 0.1) is 5.82 Å². The lowest BCUT2D eigenvalue weighted by molar-refractivity contribution is -0.141. The maximum Gasteiger partial charge on any atom is 0.325 e. The van der Waals surface area contributed by atoms with E-state index in [2.05, 4.69) is 10.3 Å². The van der Waals surface area contributed by atoms with E-state index in [0.717, 1.165) is 12.1 Å². The number of carbonyl (C=O) groups excluding carboxylic acids is 3. The van der Waals surface area contributed by atoms with Crippen molar-refractivity contribution in [2.45, 2.75) is 0 Å². The van der Waals surface area contributed by atoms with Gasteiger partial charge in [0.25, 0.3) is 5.91 Å². The number of halogens is 2. The highest BCUT2D eigenvalue weighted by atomic mass is 35.5. The number of hydrogen-bond donors (Lipinski definition) is 1. The first-order valence-electron chi connectivity index (χ1n) is 6.80. The largest absolute Gasteiger partial charge is 0.456 e. The Labute approximate surface area is 141 Å². The summed E-state index contributed by atoms with van der Waals surface area (Å²) in [5.74, 6) is -2.34. The lowest BCUT2D eigenvalue weighted by Gasteiger charge is -2.06. The Bertz CT molecular complexity index is 765. The Morgan fingerprint density at radius 1 is 1.17 bits per heavy atom. The van der Waals surface area contributed by atoms with Crippen LogP contribution < -0.4 is 5.32 Å². The highest BCUT2D eigenvalue weighted by molar-refractivity contribution is 6.30. The van der Waals surface area contributed by atoms with Crippen LogP contribution in [0.4, 0.5) is 4.39 Å². The molecule has 2 rings (SSSR count). The molecule has 1 aromatic carbocycles. The zero-order valence-corrected chi connectivity index (χ0v) is 13.0. The van der Waals surface area contributed by atoms with Crippen molar-refractivity contribution >= 4 is 29.3 Å². The van der Waals surface area contributed by atoms with Crippen LogP contribution in [0.1, 0.15) is 20.8 Å². The number of amides is 1. The van der Waals surface area contributed by atoms with Crippen molar-refractivity contribution in [1.82, 2.24) is 10.3 Å². The number of nitrogens with one attached hydrogen (secondary N) is 1. The van der Waals surface area contributed by atoms with E-state index in [-0.39, 0.29) is 11.3 Å². The highest BCUT2D eigenvalue weighted by Crippen LogP contribution is 2.07. The highest BCUT2D eigenvalue weighted by Gasteiger charge is 2.13. The molecule has 0 radical (unpaired) electrons. The number of benzene rings is 1. The summed E-state index contributed by atoms with van der Waals surface area (Å²) in [6, 6.07) is 7.70. The van der Waals surface area contributed by atoms with Gasteiger partial charge >= 0.3 is 5.97 Å². The topological polar surface area (TPSA) is 85.4 Å². The third-order valence-corrected chi connectivity index (χ3v) is 3.11. The lowest BCUT2D eigenvalue weighted by Crippen LogP contribution is -2.32. The molecule has 0 atom stereocenters. The minimum absolute atomic E-state index is 0.0534. The third kappa shape index (κ3) is 5.13. The van der Waals surface area contributed by atoms with E-state index >= 15 is 0 Å². The number of esters is 1. The second kappa shape index (κ2) is 8.16. The zero-order chi connectivity index (χ0) is 17.5. The molecule has 1 aromatic heterocycles. The zero-order valence-electron chi connectivity index (χ0n) is 12.3. The van der Waals surface area contributed by atoms with Crippen molar-refractivity contribution in [1.29, 1.82) is 0 Å². The fourth-order valence-electron chi connectivity index (χ4n) is 1.69. The standard InChI is InChI=1S/C16H12ClFN2O4/c17-11-5-6-19-13(7-11)16(23)20-8-15(22)24-9-14(21)10-1-3-12(18)4-2-10/h1-7H,8-9H2,(H,20,23). The van der Waals surface area contributed by atoms with Crippen LogP contribution >= 0.6 is 11.6 Å². The van der Waals surface area contributed by atoms with Gasteiger partial charge in [-0.3, -0.25) is 19.4 Å². The number of nitrogens with zero attached hydrogens (tertiary/aromatic N) is 1. The second-order valence-corrected chi connectivity index (χ2v) is 5.07. The van der Waals surface area contributed by atoms with Crippen molar-refractivity contribution in [2.24, 2.45) is 0 Å². The van der Waals surface area contributed by atoms with Gasteiger partial charge in [0.1, 0.15) is 18.1 Å². The van der Waals surface area contributed by atoms with Gasteiger partial charge in [-0.1, -0.05) is 11.6 Å². The van der Waals surface area contributed by atoms with Gasteiger partial charge < -0.3 is 10.1 Å². The molecule has 1 heterocycles. The molecule has 1 amide bonds. The Kier molecular flexibility index (Phi) is 5.97. The van der Waals surface area contributed by atoms with Crippen LogP contribution in [0.25, 0.3) is 0 Å². The molecule has 0 aliphatic carbocycles. The first kappa shape index (κ1) is 17.6. The van der Waals surface area contributed by atoms with Gasteiger partial charge in [-0.15, -0.1) is 0 Å². The Hall–Kier alpha value is -2.80. The van der Waals surface area contributed by atoms with E-state index < -0.39 is 36.6 Å². The molecule has 0 fully saturated rings. The van der Waals surface area contributed by atoms with Crippen molar-refractivity contribution in [3.63, 3.8) is 0 Å². The molecule has 24 heavy (non-hydrogen) atoms. The van der Waals surface area contributed by atoms with Crippen LogP contribution in [0.3, 0.4) is 0 Å². The van der Waals surface area contributed by atoms with E-state index in [9.17, 15) is 18.8 Å². The van der Waals surface area contributed by atoms with E-state index in [1.807, 2.05) is 0 Å². The van der Waals surface area contributed by atoms with Gasteiger partial charge in [0.2, 0.25) is 0 Å². The molecule has 0 saturated carbocycles. The van der Waals surface area contributed by atoms with Crippen molar-refractivity contribution in [3.8, 4) is 0 Å². The molecule has 0 aliphatic rings. The molecular formula is C16H12ClFN2O4. The van der Waals surface area contributed by atoms with E-state index in [1.54, 1.807) is 0 Å². The average molecular weight is 351 g/mol. The Balaban J connectivity index is 1.78. The van der Waals surface area contributed by atoms with Crippen LogP contribution in [-0.4, -0.2) is 35.8 Å². The minimum atomic E-state index is -0.791. The molecule has 0 saturated heterocycles. The number of ketones is 1. The normalized spacial score (nSPS) is 10.1. The van der Waals surface area contributed by atoms with Crippen molar-refractivity contribution in [3.05, 3.63) is 64.7 Å². The van der Waals surface area contributed by atoms with Gasteiger partial charge in [-0.2, -0.15) is 0 Å². The van der Waals surface area contributed by atoms with Crippen molar-refractivity contribution < 1.29 is 23.5 Å². The van der Waals surface area contributed by atoms with Gasteiger partial charge in [0.15, 0.2) is 12.4 Å². The molecule has 124 valence electrons. The van der Waals surface area contributed by atoms with Crippen molar-refractivity contribution in [2.75, 3.05) is 13.2 Å². The Morgan fingerprint density at radius 2 is 1.88 bits per heavy atom.